The van der Waals surface area contributed by atoms with E-state index in [1.807, 2.05) is 6.07 Å². The standard InChI is InChI=1S/C15H23N3O2/c1-10(2)13-8-14(17-9-16-13)18-12-7-5-3-4-6-11(12)15(19)20/h8-12H,3-7H2,1-2H3,(H,19,20)(H,16,17,18). The molecule has 1 aliphatic carbocycles. The van der Waals surface area contributed by atoms with Gasteiger partial charge in [-0.15, -0.1) is 0 Å². The first-order chi connectivity index (χ1) is 9.58. The molecule has 1 aromatic rings. The maximum Gasteiger partial charge on any atom is 0.308 e. The van der Waals surface area contributed by atoms with E-state index in [4.69, 9.17) is 0 Å². The highest BCUT2D eigenvalue weighted by Gasteiger charge is 2.29. The Balaban J connectivity index is 2.13. The number of carbonyl (C=O) groups is 1. The lowest BCUT2D eigenvalue weighted by molar-refractivity contribution is -0.142. The number of aliphatic carboxylic acids is 1. The second-order valence-corrected chi connectivity index (χ2v) is 5.82. The van der Waals surface area contributed by atoms with Crippen LogP contribution in [-0.4, -0.2) is 27.1 Å². The molecule has 0 bridgehead atoms. The lowest BCUT2D eigenvalue weighted by atomic mass is 9.95. The summed E-state index contributed by atoms with van der Waals surface area (Å²) in [5.41, 5.74) is 0.975. The highest BCUT2D eigenvalue weighted by molar-refractivity contribution is 5.71. The molecule has 0 aliphatic heterocycles. The Kier molecular flexibility index (Phi) is 4.93. The number of nitrogens with zero attached hydrogens (tertiary/aromatic N) is 2. The van der Waals surface area contributed by atoms with Crippen molar-refractivity contribution in [2.24, 2.45) is 5.92 Å². The summed E-state index contributed by atoms with van der Waals surface area (Å²) in [6, 6.07) is 1.89. The fourth-order valence-electron chi connectivity index (χ4n) is 2.73. The van der Waals surface area contributed by atoms with Crippen LogP contribution in [0.2, 0.25) is 0 Å². The molecule has 1 heterocycles. The summed E-state index contributed by atoms with van der Waals surface area (Å²) < 4.78 is 0. The van der Waals surface area contributed by atoms with Crippen molar-refractivity contribution < 1.29 is 9.90 Å². The van der Waals surface area contributed by atoms with Gasteiger partial charge in [-0.25, -0.2) is 9.97 Å². The Morgan fingerprint density at radius 1 is 1.30 bits per heavy atom. The van der Waals surface area contributed by atoms with Gasteiger partial charge < -0.3 is 10.4 Å². The zero-order chi connectivity index (χ0) is 14.5. The molecule has 2 N–H and O–H groups in total. The molecule has 1 saturated carbocycles. The van der Waals surface area contributed by atoms with Gasteiger partial charge in [0.05, 0.1) is 5.92 Å². The Morgan fingerprint density at radius 2 is 2.05 bits per heavy atom. The van der Waals surface area contributed by atoms with E-state index in [9.17, 15) is 9.90 Å². The van der Waals surface area contributed by atoms with Gasteiger partial charge in [0.15, 0.2) is 0 Å². The van der Waals surface area contributed by atoms with Gasteiger partial charge in [-0.1, -0.05) is 33.1 Å². The van der Waals surface area contributed by atoms with Crippen molar-refractivity contribution in [2.75, 3.05) is 5.32 Å². The maximum absolute atomic E-state index is 11.4. The second kappa shape index (κ2) is 6.68. The molecule has 0 amide bonds. The third-order valence-corrected chi connectivity index (χ3v) is 3.95. The number of hydrogen-bond donors (Lipinski definition) is 2. The van der Waals surface area contributed by atoms with Crippen molar-refractivity contribution >= 4 is 11.8 Å². The van der Waals surface area contributed by atoms with E-state index in [0.29, 0.717) is 5.92 Å². The first kappa shape index (κ1) is 14.8. The largest absolute Gasteiger partial charge is 0.481 e. The molecule has 1 aromatic heterocycles. The number of anilines is 1. The molecule has 2 rings (SSSR count). The van der Waals surface area contributed by atoms with Crippen molar-refractivity contribution in [2.45, 2.75) is 57.9 Å². The topological polar surface area (TPSA) is 75.1 Å². The van der Waals surface area contributed by atoms with Crippen LogP contribution in [0.5, 0.6) is 0 Å². The zero-order valence-corrected chi connectivity index (χ0v) is 12.2. The summed E-state index contributed by atoms with van der Waals surface area (Å²) in [6.45, 7) is 4.16. The van der Waals surface area contributed by atoms with Gasteiger partial charge in [0.1, 0.15) is 12.1 Å². The molecular formula is C15H23N3O2. The SMILES string of the molecule is CC(C)c1cc(NC2CCCCCC2C(=O)O)ncn1. The number of carboxylic acids is 1. The highest BCUT2D eigenvalue weighted by Crippen LogP contribution is 2.26. The fraction of sp³-hybridized carbons (Fsp3) is 0.667. The van der Waals surface area contributed by atoms with E-state index in [2.05, 4.69) is 29.1 Å². The minimum Gasteiger partial charge on any atom is -0.481 e. The summed E-state index contributed by atoms with van der Waals surface area (Å²) in [7, 11) is 0. The number of hydrogen-bond acceptors (Lipinski definition) is 4. The van der Waals surface area contributed by atoms with Crippen molar-refractivity contribution in [1.82, 2.24) is 9.97 Å². The zero-order valence-electron chi connectivity index (χ0n) is 12.2. The minimum absolute atomic E-state index is 0.0371. The fourth-order valence-corrected chi connectivity index (χ4v) is 2.73. The van der Waals surface area contributed by atoms with Gasteiger partial charge in [0.25, 0.3) is 0 Å². The van der Waals surface area contributed by atoms with Crippen LogP contribution in [0.4, 0.5) is 5.82 Å². The molecule has 0 aromatic carbocycles. The second-order valence-electron chi connectivity index (χ2n) is 5.82. The van der Waals surface area contributed by atoms with E-state index in [0.717, 1.165) is 43.6 Å². The number of rotatable bonds is 4. The van der Waals surface area contributed by atoms with Gasteiger partial charge in [-0.05, 0) is 18.8 Å². The van der Waals surface area contributed by atoms with Crippen LogP contribution in [0.3, 0.4) is 0 Å². The molecule has 2 atom stereocenters. The minimum atomic E-state index is -0.706. The summed E-state index contributed by atoms with van der Waals surface area (Å²) in [5.74, 6) is 0.0438. The number of carboxylic acid groups (broad SMARTS) is 1. The van der Waals surface area contributed by atoms with Crippen LogP contribution in [0.25, 0.3) is 0 Å². The lowest BCUT2D eigenvalue weighted by Crippen LogP contribution is -2.34. The quantitative estimate of drug-likeness (QED) is 0.827. The van der Waals surface area contributed by atoms with E-state index in [1.165, 1.54) is 0 Å². The Hall–Kier alpha value is -1.65. The highest BCUT2D eigenvalue weighted by atomic mass is 16.4. The predicted octanol–water partition coefficient (Wildman–Crippen LogP) is 3.05. The Bertz CT molecular complexity index is 462. The number of nitrogens with one attached hydrogen (secondary N) is 1. The Morgan fingerprint density at radius 3 is 2.75 bits per heavy atom. The summed E-state index contributed by atoms with van der Waals surface area (Å²) >= 11 is 0. The summed E-state index contributed by atoms with van der Waals surface area (Å²) in [5, 5.41) is 12.7. The predicted molar refractivity (Wildman–Crippen MR) is 77.7 cm³/mol. The van der Waals surface area contributed by atoms with E-state index in [-0.39, 0.29) is 12.0 Å². The smallest absolute Gasteiger partial charge is 0.308 e. The molecule has 1 fully saturated rings. The molecule has 2 unspecified atom stereocenters. The van der Waals surface area contributed by atoms with Crippen LogP contribution >= 0.6 is 0 Å². The van der Waals surface area contributed by atoms with Gasteiger partial charge in [-0.2, -0.15) is 0 Å². The van der Waals surface area contributed by atoms with Crippen molar-refractivity contribution in [1.29, 1.82) is 0 Å². The molecular weight excluding hydrogens is 254 g/mol. The molecule has 1 aliphatic rings. The van der Waals surface area contributed by atoms with Gasteiger partial charge in [0.2, 0.25) is 0 Å². The monoisotopic (exact) mass is 277 g/mol. The normalized spacial score (nSPS) is 23.4. The van der Waals surface area contributed by atoms with Crippen molar-refractivity contribution in [3.63, 3.8) is 0 Å². The van der Waals surface area contributed by atoms with Crippen LogP contribution < -0.4 is 5.32 Å². The summed E-state index contributed by atoms with van der Waals surface area (Å²) in [6.07, 6.45) is 6.36. The summed E-state index contributed by atoms with van der Waals surface area (Å²) in [4.78, 5) is 19.9. The van der Waals surface area contributed by atoms with E-state index >= 15 is 0 Å². The third kappa shape index (κ3) is 3.68. The molecule has 5 nitrogen and oxygen atoms in total. The molecule has 0 saturated heterocycles. The third-order valence-electron chi connectivity index (χ3n) is 3.95. The molecule has 110 valence electrons. The molecule has 0 spiro atoms. The van der Waals surface area contributed by atoms with Gasteiger partial charge >= 0.3 is 5.97 Å². The molecule has 5 heteroatoms. The average Bonchev–Trinajstić information content (AvgIpc) is 2.64. The van der Waals surface area contributed by atoms with Crippen LogP contribution in [0.1, 0.15) is 57.6 Å². The lowest BCUT2D eigenvalue weighted by Gasteiger charge is -2.23. The molecule has 0 radical (unpaired) electrons. The average molecular weight is 277 g/mol. The van der Waals surface area contributed by atoms with Gasteiger partial charge in [0, 0.05) is 17.8 Å². The Labute approximate surface area is 119 Å². The van der Waals surface area contributed by atoms with Crippen LogP contribution in [0, 0.1) is 5.92 Å². The van der Waals surface area contributed by atoms with Crippen molar-refractivity contribution in [3.8, 4) is 0 Å². The number of aromatic nitrogens is 2. The van der Waals surface area contributed by atoms with E-state index < -0.39 is 5.97 Å². The first-order valence-electron chi connectivity index (χ1n) is 7.39. The maximum atomic E-state index is 11.4. The van der Waals surface area contributed by atoms with Crippen LogP contribution in [-0.2, 0) is 4.79 Å². The first-order valence-corrected chi connectivity index (χ1v) is 7.39. The van der Waals surface area contributed by atoms with Crippen LogP contribution in [0.15, 0.2) is 12.4 Å². The van der Waals surface area contributed by atoms with E-state index in [1.54, 1.807) is 6.33 Å². The molecule has 20 heavy (non-hydrogen) atoms. The van der Waals surface area contributed by atoms with Crippen molar-refractivity contribution in [3.05, 3.63) is 18.1 Å². The van der Waals surface area contributed by atoms with Gasteiger partial charge in [-0.3, -0.25) is 4.79 Å².